The summed E-state index contributed by atoms with van der Waals surface area (Å²) in [6, 6.07) is 12.0. The minimum absolute atomic E-state index is 0.507. The molecule has 1 N–H and O–H groups in total. The Morgan fingerprint density at radius 2 is 1.95 bits per heavy atom. The normalized spacial score (nSPS) is 19.1. The quantitative estimate of drug-likeness (QED) is 0.933. The Labute approximate surface area is 119 Å². The fraction of sp³-hybridized carbons (Fsp3) is 0.438. The summed E-state index contributed by atoms with van der Waals surface area (Å²) in [6.07, 6.45) is 1.62. The van der Waals surface area contributed by atoms with Crippen molar-refractivity contribution in [2.75, 3.05) is 13.1 Å². The molecule has 20 heavy (non-hydrogen) atoms. The van der Waals surface area contributed by atoms with Crippen molar-refractivity contribution in [3.05, 3.63) is 42.2 Å². The lowest BCUT2D eigenvalue weighted by Crippen LogP contribution is -2.41. The summed E-state index contributed by atoms with van der Waals surface area (Å²) >= 11 is 0. The molecule has 1 fully saturated rings. The van der Waals surface area contributed by atoms with E-state index in [1.807, 2.05) is 43.3 Å². The second-order valence-electron chi connectivity index (χ2n) is 5.82. The van der Waals surface area contributed by atoms with Crippen molar-refractivity contribution in [2.24, 2.45) is 0 Å². The Morgan fingerprint density at radius 3 is 2.65 bits per heavy atom. The molecule has 0 amide bonds. The molecule has 1 aliphatic rings. The number of benzene rings is 1. The zero-order chi connectivity index (χ0) is 14.0. The van der Waals surface area contributed by atoms with Gasteiger partial charge < -0.3 is 9.63 Å². The van der Waals surface area contributed by atoms with E-state index in [0.717, 1.165) is 49.5 Å². The number of aliphatic hydroxyl groups is 1. The second-order valence-corrected chi connectivity index (χ2v) is 5.82. The molecule has 1 aromatic heterocycles. The van der Waals surface area contributed by atoms with E-state index < -0.39 is 5.60 Å². The topological polar surface area (TPSA) is 49.5 Å². The summed E-state index contributed by atoms with van der Waals surface area (Å²) < 4.78 is 5.42. The van der Waals surface area contributed by atoms with Gasteiger partial charge in [-0.2, -0.15) is 0 Å². The molecule has 4 nitrogen and oxygen atoms in total. The first-order valence-corrected chi connectivity index (χ1v) is 7.08. The van der Waals surface area contributed by atoms with Crippen molar-refractivity contribution in [3.8, 4) is 11.3 Å². The molecule has 1 saturated heterocycles. The van der Waals surface area contributed by atoms with E-state index in [1.165, 1.54) is 0 Å². The van der Waals surface area contributed by atoms with Gasteiger partial charge in [0, 0.05) is 24.7 Å². The zero-order valence-corrected chi connectivity index (χ0v) is 11.7. The molecule has 1 aromatic carbocycles. The van der Waals surface area contributed by atoms with E-state index in [9.17, 15) is 5.11 Å². The standard InChI is InChI=1S/C16H20N2O2/c1-16(19)7-9-18(10-8-16)12-14-11-15(17-20-14)13-5-3-2-4-6-13/h2-6,11,19H,7-10,12H2,1H3. The van der Waals surface area contributed by atoms with Crippen LogP contribution >= 0.6 is 0 Å². The molecule has 106 valence electrons. The summed E-state index contributed by atoms with van der Waals surface area (Å²) in [5.41, 5.74) is 1.45. The van der Waals surface area contributed by atoms with Gasteiger partial charge in [0.2, 0.25) is 0 Å². The summed E-state index contributed by atoms with van der Waals surface area (Å²) in [5, 5.41) is 14.1. The molecule has 4 heteroatoms. The van der Waals surface area contributed by atoms with Gasteiger partial charge in [0.25, 0.3) is 0 Å². The van der Waals surface area contributed by atoms with E-state index in [1.54, 1.807) is 0 Å². The first-order valence-electron chi connectivity index (χ1n) is 7.08. The van der Waals surface area contributed by atoms with Crippen molar-refractivity contribution in [1.29, 1.82) is 0 Å². The van der Waals surface area contributed by atoms with Gasteiger partial charge in [-0.25, -0.2) is 0 Å². The number of rotatable bonds is 3. The van der Waals surface area contributed by atoms with Crippen LogP contribution in [-0.2, 0) is 6.54 Å². The minimum Gasteiger partial charge on any atom is -0.390 e. The third-order valence-corrected chi connectivity index (χ3v) is 3.94. The van der Waals surface area contributed by atoms with Gasteiger partial charge in [0.1, 0.15) is 5.69 Å². The Bertz CT molecular complexity index is 553. The van der Waals surface area contributed by atoms with Crippen LogP contribution in [0.3, 0.4) is 0 Å². The number of hydrogen-bond donors (Lipinski definition) is 1. The molecule has 0 bridgehead atoms. The van der Waals surface area contributed by atoms with E-state index >= 15 is 0 Å². The molecule has 2 aromatic rings. The number of aromatic nitrogens is 1. The maximum Gasteiger partial charge on any atom is 0.151 e. The first kappa shape index (κ1) is 13.3. The number of piperidine rings is 1. The zero-order valence-electron chi connectivity index (χ0n) is 11.7. The largest absolute Gasteiger partial charge is 0.390 e. The lowest BCUT2D eigenvalue weighted by molar-refractivity contribution is -0.00905. The average Bonchev–Trinajstić information content (AvgIpc) is 2.91. The summed E-state index contributed by atoms with van der Waals surface area (Å²) in [6.45, 7) is 4.46. The molecule has 0 atom stereocenters. The lowest BCUT2D eigenvalue weighted by atomic mass is 9.94. The highest BCUT2D eigenvalue weighted by Gasteiger charge is 2.27. The summed E-state index contributed by atoms with van der Waals surface area (Å²) in [7, 11) is 0. The fourth-order valence-electron chi connectivity index (χ4n) is 2.55. The van der Waals surface area contributed by atoms with Crippen LogP contribution in [0.1, 0.15) is 25.5 Å². The first-order chi connectivity index (χ1) is 9.62. The van der Waals surface area contributed by atoms with E-state index in [0.29, 0.717) is 0 Å². The predicted octanol–water partition coefficient (Wildman–Crippen LogP) is 2.69. The van der Waals surface area contributed by atoms with Crippen LogP contribution in [0.5, 0.6) is 0 Å². The summed E-state index contributed by atoms with van der Waals surface area (Å²) in [5.74, 6) is 0.880. The van der Waals surface area contributed by atoms with Gasteiger partial charge in [0.05, 0.1) is 12.1 Å². The summed E-state index contributed by atoms with van der Waals surface area (Å²) in [4.78, 5) is 2.30. The van der Waals surface area contributed by atoms with Crippen LogP contribution in [0.15, 0.2) is 40.9 Å². The van der Waals surface area contributed by atoms with Gasteiger partial charge in [-0.05, 0) is 19.8 Å². The van der Waals surface area contributed by atoms with Crippen molar-refractivity contribution in [2.45, 2.75) is 31.9 Å². The molecule has 2 heterocycles. The highest BCUT2D eigenvalue weighted by Crippen LogP contribution is 2.24. The van der Waals surface area contributed by atoms with Crippen LogP contribution in [0.2, 0.25) is 0 Å². The highest BCUT2D eigenvalue weighted by molar-refractivity contribution is 5.58. The van der Waals surface area contributed by atoms with Gasteiger partial charge in [-0.1, -0.05) is 35.5 Å². The SMILES string of the molecule is CC1(O)CCN(Cc2cc(-c3ccccc3)no2)CC1. The number of likely N-dealkylation sites (tertiary alicyclic amines) is 1. The smallest absolute Gasteiger partial charge is 0.151 e. The fourth-order valence-corrected chi connectivity index (χ4v) is 2.55. The molecular weight excluding hydrogens is 252 g/mol. The molecular formula is C16H20N2O2. The minimum atomic E-state index is -0.507. The third-order valence-electron chi connectivity index (χ3n) is 3.94. The van der Waals surface area contributed by atoms with Crippen molar-refractivity contribution in [1.82, 2.24) is 10.1 Å². The maximum absolute atomic E-state index is 9.95. The third kappa shape index (κ3) is 3.08. The Morgan fingerprint density at radius 1 is 1.25 bits per heavy atom. The Balaban J connectivity index is 1.64. The maximum atomic E-state index is 9.95. The van der Waals surface area contributed by atoms with E-state index in [2.05, 4.69) is 10.1 Å². The molecule has 1 aliphatic heterocycles. The number of nitrogens with zero attached hydrogens (tertiary/aromatic N) is 2. The van der Waals surface area contributed by atoms with Crippen LogP contribution in [0, 0.1) is 0 Å². The van der Waals surface area contributed by atoms with Gasteiger partial charge in [-0.15, -0.1) is 0 Å². The van der Waals surface area contributed by atoms with Crippen LogP contribution in [-0.4, -0.2) is 33.9 Å². The monoisotopic (exact) mass is 272 g/mol. The van der Waals surface area contributed by atoms with Gasteiger partial charge >= 0.3 is 0 Å². The number of hydrogen-bond acceptors (Lipinski definition) is 4. The van der Waals surface area contributed by atoms with Crippen LogP contribution in [0.25, 0.3) is 11.3 Å². The molecule has 0 spiro atoms. The Hall–Kier alpha value is -1.65. The van der Waals surface area contributed by atoms with E-state index in [4.69, 9.17) is 4.52 Å². The molecule has 0 saturated carbocycles. The lowest BCUT2D eigenvalue weighted by Gasteiger charge is -2.35. The van der Waals surface area contributed by atoms with Crippen LogP contribution in [0.4, 0.5) is 0 Å². The molecule has 0 unspecified atom stereocenters. The van der Waals surface area contributed by atoms with Gasteiger partial charge in [-0.3, -0.25) is 4.90 Å². The molecule has 0 radical (unpaired) electrons. The van der Waals surface area contributed by atoms with Gasteiger partial charge in [0.15, 0.2) is 5.76 Å². The van der Waals surface area contributed by atoms with Crippen molar-refractivity contribution < 1.29 is 9.63 Å². The average molecular weight is 272 g/mol. The van der Waals surface area contributed by atoms with Crippen LogP contribution < -0.4 is 0 Å². The molecule has 3 rings (SSSR count). The van der Waals surface area contributed by atoms with Crippen molar-refractivity contribution >= 4 is 0 Å². The molecule has 0 aliphatic carbocycles. The Kier molecular flexibility index (Phi) is 3.59. The predicted molar refractivity (Wildman–Crippen MR) is 77.1 cm³/mol. The second kappa shape index (κ2) is 5.38. The van der Waals surface area contributed by atoms with E-state index in [-0.39, 0.29) is 0 Å². The van der Waals surface area contributed by atoms with Crippen molar-refractivity contribution in [3.63, 3.8) is 0 Å². The highest BCUT2D eigenvalue weighted by atomic mass is 16.5.